The maximum Gasteiger partial charge on any atom is 0.312 e. The molecule has 0 radical (unpaired) electrons. The number of rotatable bonds is 2. The van der Waals surface area contributed by atoms with Crippen LogP contribution in [0, 0.1) is 6.92 Å². The van der Waals surface area contributed by atoms with Crippen molar-refractivity contribution < 1.29 is 19.1 Å². The van der Waals surface area contributed by atoms with Crippen LogP contribution < -0.4 is 10.2 Å². The molecule has 2 aromatic heterocycles. The van der Waals surface area contributed by atoms with Gasteiger partial charge in [-0.1, -0.05) is 30.3 Å². The van der Waals surface area contributed by atoms with Crippen LogP contribution in [0.25, 0.3) is 22.3 Å². The largest absolute Gasteiger partial charge is 0.507 e. The standard InChI is InChI=1S/C23H18N2O5/c1-12-15(11-24-25(12)2)14-8-20(28)29-19-10-17(27)22-16(26)9-18(30-23(22)21(14)19)13-6-4-3-5-7-13/h3-7,9-11,14,27H,8H2,1-2H3. The highest BCUT2D eigenvalue weighted by atomic mass is 16.5. The zero-order chi connectivity index (χ0) is 21.0. The molecular weight excluding hydrogens is 384 g/mol. The molecule has 5 rings (SSSR count). The molecule has 0 saturated heterocycles. The number of nitrogens with zero attached hydrogens (tertiary/aromatic N) is 2. The summed E-state index contributed by atoms with van der Waals surface area (Å²) in [5.41, 5.74) is 2.88. The van der Waals surface area contributed by atoms with Crippen LogP contribution in [0.4, 0.5) is 0 Å². The molecule has 1 atom stereocenters. The summed E-state index contributed by atoms with van der Waals surface area (Å²) in [7, 11) is 1.82. The number of ether oxygens (including phenoxy) is 1. The number of aryl methyl sites for hydroxylation is 1. The lowest BCUT2D eigenvalue weighted by Gasteiger charge is -2.25. The zero-order valence-electron chi connectivity index (χ0n) is 16.4. The van der Waals surface area contributed by atoms with E-state index in [4.69, 9.17) is 9.15 Å². The molecule has 0 spiro atoms. The van der Waals surface area contributed by atoms with E-state index in [2.05, 4.69) is 5.10 Å². The molecule has 0 saturated carbocycles. The normalized spacial score (nSPS) is 15.8. The van der Waals surface area contributed by atoms with E-state index in [-0.39, 0.29) is 34.3 Å². The van der Waals surface area contributed by atoms with Gasteiger partial charge in [0.15, 0.2) is 5.43 Å². The van der Waals surface area contributed by atoms with Gasteiger partial charge >= 0.3 is 5.97 Å². The number of benzene rings is 2. The third-order valence-electron chi connectivity index (χ3n) is 5.63. The van der Waals surface area contributed by atoms with Crippen molar-refractivity contribution >= 4 is 16.9 Å². The third kappa shape index (κ3) is 2.70. The van der Waals surface area contributed by atoms with E-state index in [9.17, 15) is 14.7 Å². The zero-order valence-corrected chi connectivity index (χ0v) is 16.4. The molecular formula is C23H18N2O5. The molecule has 0 bridgehead atoms. The van der Waals surface area contributed by atoms with E-state index < -0.39 is 11.9 Å². The molecule has 4 aromatic rings. The average molecular weight is 402 g/mol. The van der Waals surface area contributed by atoms with Crippen LogP contribution in [-0.2, 0) is 11.8 Å². The highest BCUT2D eigenvalue weighted by Gasteiger charge is 2.35. The summed E-state index contributed by atoms with van der Waals surface area (Å²) in [5, 5.41) is 14.9. The number of esters is 1. The third-order valence-corrected chi connectivity index (χ3v) is 5.63. The molecule has 30 heavy (non-hydrogen) atoms. The average Bonchev–Trinajstić information content (AvgIpc) is 3.05. The quantitative estimate of drug-likeness (QED) is 0.406. The number of hydrogen-bond acceptors (Lipinski definition) is 6. The van der Waals surface area contributed by atoms with Gasteiger partial charge in [-0.05, 0) is 6.92 Å². The first-order valence-corrected chi connectivity index (χ1v) is 9.52. The van der Waals surface area contributed by atoms with Gasteiger partial charge in [-0.15, -0.1) is 0 Å². The second kappa shape index (κ2) is 6.59. The molecule has 7 nitrogen and oxygen atoms in total. The van der Waals surface area contributed by atoms with Crippen molar-refractivity contribution in [3.05, 3.63) is 75.7 Å². The fourth-order valence-corrected chi connectivity index (χ4v) is 4.03. The van der Waals surface area contributed by atoms with E-state index in [1.807, 2.05) is 44.3 Å². The molecule has 7 heteroatoms. The molecule has 1 unspecified atom stereocenters. The Hall–Kier alpha value is -3.87. The summed E-state index contributed by atoms with van der Waals surface area (Å²) in [5.74, 6) is -0.547. The Morgan fingerprint density at radius 1 is 1.17 bits per heavy atom. The van der Waals surface area contributed by atoms with Crippen molar-refractivity contribution in [2.24, 2.45) is 7.05 Å². The highest BCUT2D eigenvalue weighted by molar-refractivity contribution is 5.93. The van der Waals surface area contributed by atoms with Gasteiger partial charge in [-0.3, -0.25) is 14.3 Å². The van der Waals surface area contributed by atoms with Crippen LogP contribution in [-0.4, -0.2) is 20.9 Å². The smallest absolute Gasteiger partial charge is 0.312 e. The maximum atomic E-state index is 12.9. The Bertz CT molecular complexity index is 1370. The van der Waals surface area contributed by atoms with Crippen molar-refractivity contribution in [1.29, 1.82) is 0 Å². The van der Waals surface area contributed by atoms with Crippen LogP contribution in [0.1, 0.15) is 29.2 Å². The second-order valence-electron chi connectivity index (χ2n) is 7.39. The molecule has 3 heterocycles. The minimum absolute atomic E-state index is 0.0675. The van der Waals surface area contributed by atoms with E-state index in [1.54, 1.807) is 10.9 Å². The molecule has 0 aliphatic carbocycles. The van der Waals surface area contributed by atoms with Crippen molar-refractivity contribution in [2.45, 2.75) is 19.3 Å². The van der Waals surface area contributed by atoms with Crippen molar-refractivity contribution in [1.82, 2.24) is 9.78 Å². The van der Waals surface area contributed by atoms with Gasteiger partial charge in [-0.25, -0.2) is 0 Å². The first-order valence-electron chi connectivity index (χ1n) is 9.52. The molecule has 0 amide bonds. The predicted octanol–water partition coefficient (Wildman–Crippen LogP) is 3.65. The summed E-state index contributed by atoms with van der Waals surface area (Å²) >= 11 is 0. The maximum absolute atomic E-state index is 12.9. The molecule has 0 fully saturated rings. The minimum Gasteiger partial charge on any atom is -0.507 e. The predicted molar refractivity (Wildman–Crippen MR) is 110 cm³/mol. The van der Waals surface area contributed by atoms with Crippen LogP contribution in [0.15, 0.2) is 57.9 Å². The topological polar surface area (TPSA) is 94.6 Å². The molecule has 1 N–H and O–H groups in total. The number of hydrogen-bond donors (Lipinski definition) is 1. The summed E-state index contributed by atoms with van der Waals surface area (Å²) in [6.07, 6.45) is 1.79. The number of carbonyl (C=O) groups is 1. The van der Waals surface area contributed by atoms with Crippen LogP contribution in [0.3, 0.4) is 0 Å². The van der Waals surface area contributed by atoms with Gasteiger partial charge in [0.1, 0.15) is 28.2 Å². The molecule has 1 aliphatic rings. The SMILES string of the molecule is Cc1c(C2CC(=O)Oc3cc(O)c4c(=O)cc(-c5ccccc5)oc4c32)cnn1C. The fourth-order valence-electron chi connectivity index (χ4n) is 4.03. The summed E-state index contributed by atoms with van der Waals surface area (Å²) < 4.78 is 13.3. The van der Waals surface area contributed by atoms with Crippen LogP contribution in [0.5, 0.6) is 11.5 Å². The Morgan fingerprint density at radius 3 is 2.63 bits per heavy atom. The van der Waals surface area contributed by atoms with Gasteiger partial charge in [-0.2, -0.15) is 5.10 Å². The van der Waals surface area contributed by atoms with E-state index in [1.165, 1.54) is 12.1 Å². The van der Waals surface area contributed by atoms with E-state index in [0.29, 0.717) is 11.3 Å². The lowest BCUT2D eigenvalue weighted by atomic mass is 9.85. The lowest BCUT2D eigenvalue weighted by molar-refractivity contribution is -0.135. The lowest BCUT2D eigenvalue weighted by Crippen LogP contribution is -2.22. The van der Waals surface area contributed by atoms with Crippen molar-refractivity contribution in [3.8, 4) is 22.8 Å². The van der Waals surface area contributed by atoms with E-state index >= 15 is 0 Å². The first-order chi connectivity index (χ1) is 14.4. The fraction of sp³-hybridized carbons (Fsp3) is 0.174. The van der Waals surface area contributed by atoms with E-state index in [0.717, 1.165) is 16.8 Å². The Kier molecular flexibility index (Phi) is 3.99. The second-order valence-corrected chi connectivity index (χ2v) is 7.39. The summed E-state index contributed by atoms with van der Waals surface area (Å²) in [4.78, 5) is 25.2. The number of fused-ring (bicyclic) bond motifs is 3. The molecule has 2 aromatic carbocycles. The number of phenols is 1. The Morgan fingerprint density at radius 2 is 1.93 bits per heavy atom. The van der Waals surface area contributed by atoms with Gasteiger partial charge in [0.2, 0.25) is 0 Å². The minimum atomic E-state index is -0.420. The number of phenolic OH excluding ortho intramolecular Hbond substituents is 1. The highest BCUT2D eigenvalue weighted by Crippen LogP contribution is 2.46. The Balaban J connectivity index is 1.86. The monoisotopic (exact) mass is 402 g/mol. The number of aromatic nitrogens is 2. The van der Waals surface area contributed by atoms with Crippen molar-refractivity contribution in [2.75, 3.05) is 0 Å². The summed E-state index contributed by atoms with van der Waals surface area (Å²) in [6.45, 7) is 1.91. The van der Waals surface area contributed by atoms with Crippen LogP contribution >= 0.6 is 0 Å². The molecule has 1 aliphatic heterocycles. The Labute approximate surface area is 171 Å². The number of carbonyl (C=O) groups excluding carboxylic acids is 1. The number of aromatic hydroxyl groups is 1. The van der Waals surface area contributed by atoms with Crippen LogP contribution in [0.2, 0.25) is 0 Å². The van der Waals surface area contributed by atoms with Crippen molar-refractivity contribution in [3.63, 3.8) is 0 Å². The summed E-state index contributed by atoms with van der Waals surface area (Å²) in [6, 6.07) is 11.9. The molecule has 150 valence electrons. The van der Waals surface area contributed by atoms with Gasteiger partial charge in [0, 0.05) is 47.5 Å². The first kappa shape index (κ1) is 18.2. The van der Waals surface area contributed by atoms with Gasteiger partial charge in [0.25, 0.3) is 0 Å². The van der Waals surface area contributed by atoms with Gasteiger partial charge < -0.3 is 14.3 Å². The van der Waals surface area contributed by atoms with Gasteiger partial charge in [0.05, 0.1) is 12.6 Å².